The highest BCUT2D eigenvalue weighted by Crippen LogP contribution is 2.38. The van der Waals surface area contributed by atoms with Crippen LogP contribution in [-0.2, 0) is 40.1 Å². The summed E-state index contributed by atoms with van der Waals surface area (Å²) in [5, 5.41) is 11.5. The number of fused-ring (bicyclic) bond motifs is 1. The number of anilines is 6. The fourth-order valence-electron chi connectivity index (χ4n) is 11.6. The molecule has 0 radical (unpaired) electrons. The van der Waals surface area contributed by atoms with Gasteiger partial charge in [-0.2, -0.15) is 0 Å². The second-order valence-electron chi connectivity index (χ2n) is 23.7. The molecule has 0 saturated heterocycles. The Bertz CT molecular complexity index is 5680. The standard InChI is InChI=1S/C41H31F5N3O4S2.C37H33F5N3O4S2/c1-27-13-15-28(16-14-27)35(30-19-23-34(24-20-30)49(32-9-4-2-5-10-32)33-11-6-3-7-12-33)29-17-21-31(22-18-29)47-25-8-26-54(50,51)48-55(52,53)41-39(45)37(43)36(42)38(44)40(41)46;1-4-45(5-2)26-17-15-25(16-18-26)31(24-13-11-23(3)12-14-24)29-19-20-30(28-10-7-6-9-27(28)29)43-21-8-22-50(46,47)44-51(48,49)37-35(41)33(39)32(38)34(40)36(37)42/h2-7,9-24,47H,1,8,25-26H2;6-7,9-20,43H,3-5,8,21-22H2,1-2H3/q2*-1. The van der Waals surface area contributed by atoms with Crippen LogP contribution in [0.1, 0.15) is 48.9 Å². The first-order valence-corrected chi connectivity index (χ1v) is 38.6. The Labute approximate surface area is 605 Å². The van der Waals surface area contributed by atoms with Crippen molar-refractivity contribution in [1.82, 2.24) is 0 Å². The van der Waals surface area contributed by atoms with Crippen molar-refractivity contribution in [3.63, 3.8) is 0 Å². The maximum absolute atomic E-state index is 14.1. The van der Waals surface area contributed by atoms with E-state index >= 15 is 0 Å². The lowest BCUT2D eigenvalue weighted by atomic mass is 9.90. The minimum Gasteiger partial charge on any atom is -0.432 e. The Morgan fingerprint density at radius 2 is 0.717 bits per heavy atom. The number of halogens is 10. The van der Waals surface area contributed by atoms with Crippen LogP contribution in [0.15, 0.2) is 228 Å². The second-order valence-corrected chi connectivity index (χ2v) is 30.8. The average Bonchev–Trinajstić information content (AvgIpc) is 0.775. The highest BCUT2D eigenvalue weighted by atomic mass is 32.3. The molecule has 0 aliphatic rings. The number of para-hydroxylation sites is 2. The minimum absolute atomic E-state index is 0.000997. The van der Waals surface area contributed by atoms with Crippen LogP contribution in [-0.4, -0.2) is 71.4 Å². The van der Waals surface area contributed by atoms with Gasteiger partial charge in [-0.3, -0.25) is 0 Å². The van der Waals surface area contributed by atoms with Crippen molar-refractivity contribution >= 4 is 109 Å². The van der Waals surface area contributed by atoms with Crippen molar-refractivity contribution in [2.75, 3.05) is 58.1 Å². The van der Waals surface area contributed by atoms with Crippen molar-refractivity contribution in [3.05, 3.63) is 328 Å². The van der Waals surface area contributed by atoms with Gasteiger partial charge >= 0.3 is 0 Å². The lowest BCUT2D eigenvalue weighted by Crippen LogP contribution is -2.21. The normalized spacial score (nSPS) is 11.8. The fraction of sp³-hybridized carbons (Fsp3) is 0.128. The van der Waals surface area contributed by atoms with Gasteiger partial charge in [-0.15, -0.1) is 0 Å². The first-order chi connectivity index (χ1) is 50.4. The average molecular weight is 1530 g/mol. The van der Waals surface area contributed by atoms with E-state index in [-0.39, 0.29) is 25.9 Å². The molecule has 0 unspecified atom stereocenters. The predicted molar refractivity (Wildman–Crippen MR) is 395 cm³/mol. The quantitative estimate of drug-likeness (QED) is 0.0226. The van der Waals surface area contributed by atoms with Gasteiger partial charge in [0.1, 0.15) is 29.8 Å². The molecule has 11 aromatic rings. The van der Waals surface area contributed by atoms with Crippen molar-refractivity contribution < 1.29 is 77.6 Å². The summed E-state index contributed by atoms with van der Waals surface area (Å²) >= 11 is 0. The first-order valence-electron chi connectivity index (χ1n) is 32.5. The molecule has 0 saturated carbocycles. The summed E-state index contributed by atoms with van der Waals surface area (Å²) in [7, 11) is -21.5. The summed E-state index contributed by atoms with van der Waals surface area (Å²) in [6.07, 6.45) is -0.438. The molecule has 28 heteroatoms. The van der Waals surface area contributed by atoms with Crippen LogP contribution in [0.4, 0.5) is 78.0 Å². The van der Waals surface area contributed by atoms with Gasteiger partial charge in [0, 0.05) is 77.2 Å². The van der Waals surface area contributed by atoms with Crippen LogP contribution in [0, 0.1) is 58.2 Å². The third kappa shape index (κ3) is 17.8. The van der Waals surface area contributed by atoms with Crippen LogP contribution >= 0.6 is 0 Å². The smallest absolute Gasteiger partial charge is 0.200 e. The zero-order chi connectivity index (χ0) is 76.4. The molecule has 0 aliphatic heterocycles. The van der Waals surface area contributed by atoms with E-state index in [1.54, 1.807) is 12.1 Å². The van der Waals surface area contributed by atoms with E-state index < -0.39 is 120 Å². The summed E-state index contributed by atoms with van der Waals surface area (Å²) in [6.45, 7) is 13.9. The Morgan fingerprint density at radius 3 is 1.14 bits per heavy atom. The Morgan fingerprint density at radius 1 is 0.368 bits per heavy atom. The number of hydrogen-bond acceptors (Lipinski definition) is 12. The molecule has 0 spiro atoms. The van der Waals surface area contributed by atoms with Crippen LogP contribution in [0.2, 0.25) is 0 Å². The molecular weight excluding hydrogens is 1470 g/mol. The van der Waals surface area contributed by atoms with E-state index in [0.717, 1.165) is 101 Å². The van der Waals surface area contributed by atoms with Crippen molar-refractivity contribution in [2.45, 2.75) is 36.5 Å². The van der Waals surface area contributed by atoms with Crippen LogP contribution in [0.3, 0.4) is 0 Å². The molecular formula is C78H64F10N6O8S4-2. The third-order valence-corrected chi connectivity index (χ3v) is 23.4. The van der Waals surface area contributed by atoms with Gasteiger partial charge in [0.05, 0.1) is 20.0 Å². The van der Waals surface area contributed by atoms with Gasteiger partial charge in [0.25, 0.3) is 0 Å². The number of sulfonamides is 4. The van der Waals surface area contributed by atoms with Crippen molar-refractivity contribution in [1.29, 1.82) is 0 Å². The highest BCUT2D eigenvalue weighted by Gasteiger charge is 2.33. The topological polar surface area (TPSA) is 195 Å². The van der Waals surface area contributed by atoms with Gasteiger partial charge in [-0.1, -0.05) is 165 Å². The predicted octanol–water partition coefficient (Wildman–Crippen LogP) is 15.3. The Hall–Kier alpha value is -10.6. The lowest BCUT2D eigenvalue weighted by Gasteiger charge is -2.25. The zero-order valence-corrected chi connectivity index (χ0v) is 59.6. The van der Waals surface area contributed by atoms with Crippen LogP contribution in [0.5, 0.6) is 0 Å². The zero-order valence-electron chi connectivity index (χ0n) is 56.3. The molecule has 106 heavy (non-hydrogen) atoms. The number of rotatable bonds is 26. The largest absolute Gasteiger partial charge is 0.432 e. The number of benzene rings is 11. The van der Waals surface area contributed by atoms with E-state index in [1.807, 2.05) is 170 Å². The summed E-state index contributed by atoms with van der Waals surface area (Å²) in [4.78, 5) is -0.276. The summed E-state index contributed by atoms with van der Waals surface area (Å²) in [5.41, 5.74) is 10.9. The molecule has 0 aliphatic carbocycles. The van der Waals surface area contributed by atoms with Gasteiger partial charge in [0.2, 0.25) is 11.6 Å². The molecule has 2 N–H and O–H groups in total. The summed E-state index contributed by atoms with van der Waals surface area (Å²) in [6, 6.07) is 71.0. The molecule has 11 aromatic carbocycles. The van der Waals surface area contributed by atoms with Gasteiger partial charge in [-0.25, -0.2) is 77.6 Å². The molecule has 550 valence electrons. The molecule has 11 rings (SSSR count). The number of nitrogens with zero attached hydrogens (tertiary/aromatic N) is 4. The molecule has 14 nitrogen and oxygen atoms in total. The SMILES string of the molecule is C=c1ccc(=C(c2ccc(N(CC)CC)cc2)c2ccc(NCCCS(=O)(=O)[N-]S(=O)(=O)c3c(F)c(F)c(F)c(F)c3F)c3ccccc23)cc1.C=c1ccc(=C(c2ccc(NCCCS(=O)(=O)[N-]S(=O)(=O)c3c(F)c(F)c(F)c(F)c3F)cc2)c2ccc(N(c3ccccc3)c3ccccc3)cc2)cc1. The van der Waals surface area contributed by atoms with Crippen LogP contribution in [0.25, 0.3) is 43.3 Å². The van der Waals surface area contributed by atoms with E-state index in [2.05, 4.69) is 92.1 Å². The fourth-order valence-corrected chi connectivity index (χ4v) is 17.5. The van der Waals surface area contributed by atoms with E-state index in [4.69, 9.17) is 0 Å². The molecule has 0 heterocycles. The minimum atomic E-state index is -5.82. The number of hydrogen-bond donors (Lipinski definition) is 2. The molecule has 0 fully saturated rings. The van der Waals surface area contributed by atoms with Gasteiger partial charge < -0.3 is 28.7 Å². The third-order valence-electron chi connectivity index (χ3n) is 16.7. The molecule has 0 bridgehead atoms. The lowest BCUT2D eigenvalue weighted by molar-refractivity contribution is 0.358. The molecule has 0 aromatic heterocycles. The maximum Gasteiger partial charge on any atom is 0.200 e. The van der Waals surface area contributed by atoms with Gasteiger partial charge in [-0.05, 0) is 153 Å². The monoisotopic (exact) mass is 1530 g/mol. The first kappa shape index (κ1) is 78.0. The molecule has 0 amide bonds. The Balaban J connectivity index is 0.000000228. The Kier molecular flexibility index (Phi) is 24.4. The van der Waals surface area contributed by atoms with Crippen molar-refractivity contribution in [2.24, 2.45) is 0 Å². The van der Waals surface area contributed by atoms with E-state index in [0.29, 0.717) is 11.4 Å². The maximum atomic E-state index is 14.1. The van der Waals surface area contributed by atoms with Crippen molar-refractivity contribution in [3.8, 4) is 0 Å². The summed E-state index contributed by atoms with van der Waals surface area (Å²) in [5.74, 6) is -28.0. The molecule has 0 atom stereocenters. The highest BCUT2D eigenvalue weighted by molar-refractivity contribution is 8.12. The van der Waals surface area contributed by atoms with E-state index in [9.17, 15) is 77.6 Å². The number of nitrogens with one attached hydrogen (secondary N) is 2. The summed E-state index contributed by atoms with van der Waals surface area (Å²) < 4.78 is 242. The van der Waals surface area contributed by atoms with Gasteiger partial charge in [0.15, 0.2) is 46.5 Å². The van der Waals surface area contributed by atoms with Crippen LogP contribution < -0.4 is 41.3 Å². The van der Waals surface area contributed by atoms with E-state index in [1.165, 1.54) is 0 Å². The second kappa shape index (κ2) is 33.2.